The van der Waals surface area contributed by atoms with Crippen molar-refractivity contribution in [3.8, 4) is 0 Å². The first-order valence-corrected chi connectivity index (χ1v) is 8.65. The van der Waals surface area contributed by atoms with Gasteiger partial charge in [-0.3, -0.25) is 4.79 Å². The van der Waals surface area contributed by atoms with E-state index in [0.717, 1.165) is 22.8 Å². The van der Waals surface area contributed by atoms with Crippen LogP contribution < -0.4 is 0 Å². The van der Waals surface area contributed by atoms with E-state index in [-0.39, 0.29) is 23.8 Å². The zero-order valence-corrected chi connectivity index (χ0v) is 13.8. The number of aliphatic hydroxyl groups is 1. The molecule has 2 heterocycles. The number of nitrogens with zero attached hydrogens (tertiary/aromatic N) is 1. The van der Waals surface area contributed by atoms with E-state index in [1.807, 2.05) is 29.2 Å². The molecule has 2 saturated heterocycles. The molecule has 1 amide bonds. The zero-order valence-electron chi connectivity index (χ0n) is 13.8. The van der Waals surface area contributed by atoms with Crippen molar-refractivity contribution in [3.63, 3.8) is 0 Å². The summed E-state index contributed by atoms with van der Waals surface area (Å²) in [5.74, 6) is 0.404. The Kier molecular flexibility index (Phi) is 4.02. The topological polar surface area (TPSA) is 49.8 Å². The summed E-state index contributed by atoms with van der Waals surface area (Å²) in [6, 6.07) is 14.3. The minimum Gasteiger partial charge on any atom is -0.396 e. The van der Waals surface area contributed by atoms with Gasteiger partial charge in [-0.25, -0.2) is 0 Å². The SMILES string of the molecule is O=C(Cc1cccc2ccccc12)N1C[C@@H]2COCC[C@]2(CO)C1. The lowest BCUT2D eigenvalue weighted by molar-refractivity contribution is -0.130. The van der Waals surface area contributed by atoms with Crippen molar-refractivity contribution in [3.05, 3.63) is 48.0 Å². The Balaban J connectivity index is 1.54. The summed E-state index contributed by atoms with van der Waals surface area (Å²) in [4.78, 5) is 14.8. The van der Waals surface area contributed by atoms with E-state index in [1.54, 1.807) is 0 Å². The number of rotatable bonds is 3. The number of hydrogen-bond donors (Lipinski definition) is 1. The largest absolute Gasteiger partial charge is 0.396 e. The first-order chi connectivity index (χ1) is 11.7. The molecule has 0 unspecified atom stereocenters. The summed E-state index contributed by atoms with van der Waals surface area (Å²) in [7, 11) is 0. The van der Waals surface area contributed by atoms with Crippen molar-refractivity contribution in [2.24, 2.45) is 11.3 Å². The Labute approximate surface area is 142 Å². The third-order valence-corrected chi connectivity index (χ3v) is 5.77. The lowest BCUT2D eigenvalue weighted by Gasteiger charge is -2.36. The highest BCUT2D eigenvalue weighted by Gasteiger charge is 2.49. The normalized spacial score (nSPS) is 26.5. The molecule has 0 spiro atoms. The van der Waals surface area contributed by atoms with Crippen LogP contribution in [0.1, 0.15) is 12.0 Å². The summed E-state index contributed by atoms with van der Waals surface area (Å²) in [6.45, 7) is 2.82. The monoisotopic (exact) mass is 325 g/mol. The molecule has 24 heavy (non-hydrogen) atoms. The van der Waals surface area contributed by atoms with Crippen LogP contribution >= 0.6 is 0 Å². The highest BCUT2D eigenvalue weighted by atomic mass is 16.5. The fourth-order valence-corrected chi connectivity index (χ4v) is 4.22. The van der Waals surface area contributed by atoms with E-state index in [0.29, 0.717) is 32.7 Å². The molecule has 126 valence electrons. The molecule has 0 aliphatic carbocycles. The number of ether oxygens (including phenoxy) is 1. The maximum Gasteiger partial charge on any atom is 0.227 e. The Morgan fingerprint density at radius 1 is 1.25 bits per heavy atom. The zero-order chi connectivity index (χ0) is 16.6. The second-order valence-electron chi connectivity index (χ2n) is 7.13. The van der Waals surface area contributed by atoms with Crippen LogP contribution in [-0.4, -0.2) is 48.8 Å². The van der Waals surface area contributed by atoms with Gasteiger partial charge in [0.05, 0.1) is 19.6 Å². The standard InChI is InChI=1S/C20H23NO3/c22-14-20-8-9-24-12-17(20)11-21(13-20)19(23)10-16-6-3-5-15-4-1-2-7-18(15)16/h1-7,17,22H,8-14H2/t17-,20-/m1/s1. The minimum atomic E-state index is -0.160. The number of aliphatic hydroxyl groups excluding tert-OH is 1. The van der Waals surface area contributed by atoms with E-state index in [1.165, 1.54) is 0 Å². The summed E-state index contributed by atoms with van der Waals surface area (Å²) in [5.41, 5.74) is 0.911. The number of likely N-dealkylation sites (tertiary alicyclic amines) is 1. The molecule has 2 fully saturated rings. The lowest BCUT2D eigenvalue weighted by atomic mass is 9.75. The molecule has 2 aromatic rings. The van der Waals surface area contributed by atoms with E-state index < -0.39 is 0 Å². The molecule has 4 nitrogen and oxygen atoms in total. The fourth-order valence-electron chi connectivity index (χ4n) is 4.22. The summed E-state index contributed by atoms with van der Waals surface area (Å²) in [6.07, 6.45) is 1.25. The van der Waals surface area contributed by atoms with Crippen LogP contribution in [-0.2, 0) is 16.0 Å². The van der Waals surface area contributed by atoms with Crippen LogP contribution in [0.5, 0.6) is 0 Å². The number of benzene rings is 2. The van der Waals surface area contributed by atoms with Crippen molar-refractivity contribution in [2.75, 3.05) is 32.9 Å². The molecule has 2 atom stereocenters. The van der Waals surface area contributed by atoms with Gasteiger partial charge in [0.15, 0.2) is 0 Å². The average molecular weight is 325 g/mol. The van der Waals surface area contributed by atoms with Crippen molar-refractivity contribution in [1.29, 1.82) is 0 Å². The lowest BCUT2D eigenvalue weighted by Crippen LogP contribution is -2.41. The van der Waals surface area contributed by atoms with Gasteiger partial charge in [0.25, 0.3) is 0 Å². The van der Waals surface area contributed by atoms with Crippen LogP contribution in [0.2, 0.25) is 0 Å². The van der Waals surface area contributed by atoms with E-state index in [4.69, 9.17) is 4.74 Å². The van der Waals surface area contributed by atoms with Gasteiger partial charge >= 0.3 is 0 Å². The minimum absolute atomic E-state index is 0.138. The second-order valence-corrected chi connectivity index (χ2v) is 7.13. The molecule has 2 aliphatic rings. The van der Waals surface area contributed by atoms with Crippen LogP contribution in [0.3, 0.4) is 0 Å². The predicted octanol–water partition coefficient (Wildman–Crippen LogP) is 2.24. The van der Waals surface area contributed by atoms with Crippen molar-refractivity contribution in [1.82, 2.24) is 4.90 Å². The van der Waals surface area contributed by atoms with Crippen molar-refractivity contribution >= 4 is 16.7 Å². The van der Waals surface area contributed by atoms with Gasteiger partial charge in [-0.05, 0) is 22.8 Å². The molecule has 4 heteroatoms. The second kappa shape index (κ2) is 6.19. The molecule has 2 aromatic carbocycles. The summed E-state index contributed by atoms with van der Waals surface area (Å²) in [5, 5.41) is 12.2. The van der Waals surface area contributed by atoms with Crippen LogP contribution in [0.15, 0.2) is 42.5 Å². The van der Waals surface area contributed by atoms with Gasteiger partial charge in [-0.15, -0.1) is 0 Å². The Morgan fingerprint density at radius 3 is 2.92 bits per heavy atom. The molecule has 0 bridgehead atoms. The number of carbonyl (C=O) groups is 1. The number of carbonyl (C=O) groups excluding carboxylic acids is 1. The Hall–Kier alpha value is -1.91. The van der Waals surface area contributed by atoms with Gasteiger partial charge in [-0.2, -0.15) is 0 Å². The number of amides is 1. The van der Waals surface area contributed by atoms with Gasteiger partial charge in [0, 0.05) is 31.0 Å². The predicted molar refractivity (Wildman–Crippen MR) is 92.7 cm³/mol. The van der Waals surface area contributed by atoms with E-state index in [2.05, 4.69) is 18.2 Å². The van der Waals surface area contributed by atoms with E-state index >= 15 is 0 Å². The first kappa shape index (κ1) is 15.6. The maximum atomic E-state index is 12.9. The van der Waals surface area contributed by atoms with Gasteiger partial charge in [-0.1, -0.05) is 42.5 Å². The Morgan fingerprint density at radius 2 is 2.08 bits per heavy atom. The third kappa shape index (κ3) is 2.60. The van der Waals surface area contributed by atoms with Crippen LogP contribution in [0.25, 0.3) is 10.8 Å². The summed E-state index contributed by atoms with van der Waals surface area (Å²) >= 11 is 0. The quantitative estimate of drug-likeness (QED) is 0.941. The number of hydrogen-bond acceptors (Lipinski definition) is 3. The molecule has 2 aliphatic heterocycles. The first-order valence-electron chi connectivity index (χ1n) is 8.65. The van der Waals surface area contributed by atoms with Crippen molar-refractivity contribution < 1.29 is 14.6 Å². The molecular formula is C20H23NO3. The Bertz CT molecular complexity index is 754. The maximum absolute atomic E-state index is 12.9. The number of fused-ring (bicyclic) bond motifs is 2. The highest BCUT2D eigenvalue weighted by Crippen LogP contribution is 2.41. The van der Waals surface area contributed by atoms with Gasteiger partial charge < -0.3 is 14.7 Å². The molecule has 0 aromatic heterocycles. The summed E-state index contributed by atoms with van der Waals surface area (Å²) < 4.78 is 5.57. The van der Waals surface area contributed by atoms with Crippen LogP contribution in [0, 0.1) is 11.3 Å². The molecule has 0 saturated carbocycles. The molecular weight excluding hydrogens is 302 g/mol. The van der Waals surface area contributed by atoms with Crippen molar-refractivity contribution in [2.45, 2.75) is 12.8 Å². The third-order valence-electron chi connectivity index (χ3n) is 5.77. The molecule has 1 N–H and O–H groups in total. The molecule has 4 rings (SSSR count). The highest BCUT2D eigenvalue weighted by molar-refractivity contribution is 5.90. The fraction of sp³-hybridized carbons (Fsp3) is 0.450. The average Bonchev–Trinajstić information content (AvgIpc) is 3.02. The van der Waals surface area contributed by atoms with Gasteiger partial charge in [0.2, 0.25) is 5.91 Å². The van der Waals surface area contributed by atoms with E-state index in [9.17, 15) is 9.90 Å². The van der Waals surface area contributed by atoms with Gasteiger partial charge in [0.1, 0.15) is 0 Å². The molecule has 0 radical (unpaired) electrons. The smallest absolute Gasteiger partial charge is 0.227 e. The van der Waals surface area contributed by atoms with Crippen LogP contribution in [0.4, 0.5) is 0 Å².